The third-order valence-corrected chi connectivity index (χ3v) is 13.4. The molecule has 5 atom stereocenters. The van der Waals surface area contributed by atoms with Gasteiger partial charge in [-0.25, -0.2) is 0 Å². The standard InChI is InChI=1S/C46H32N2OS2/c1-2-10-27(11-3-1)38-26-39(28-20-22-32-31-13-5-7-19-41(31)50-42(32)24-28)48-46(47-38)29-21-23-33-36-16-9-17-37(45(36)51-43(33)25-29)35-15-8-14-34-30-12-4-6-18-40(30)49-44(34)35/h1-26,34,36,44-46,48H. The highest BCUT2D eigenvalue weighted by atomic mass is 32.2. The molecule has 2 aliphatic carbocycles. The normalized spacial score (nSPS) is 24.0. The zero-order valence-corrected chi connectivity index (χ0v) is 29.2. The minimum absolute atomic E-state index is 0.0137. The molecule has 51 heavy (non-hydrogen) atoms. The highest BCUT2D eigenvalue weighted by molar-refractivity contribution is 8.00. The number of aliphatic imine (C=N–C) groups is 1. The maximum Gasteiger partial charge on any atom is 0.145 e. The van der Waals surface area contributed by atoms with Crippen molar-refractivity contribution in [2.24, 2.45) is 4.99 Å². The Hall–Kier alpha value is -5.36. The molecule has 0 saturated carbocycles. The number of thiophene rings is 1. The number of nitrogens with zero attached hydrogens (tertiary/aromatic N) is 1. The molecule has 4 heterocycles. The Morgan fingerprint density at radius 2 is 1.45 bits per heavy atom. The van der Waals surface area contributed by atoms with Crippen molar-refractivity contribution >= 4 is 54.7 Å². The van der Waals surface area contributed by atoms with E-state index in [2.05, 4.69) is 163 Å². The topological polar surface area (TPSA) is 33.6 Å². The number of thioether (sulfide) groups is 1. The minimum Gasteiger partial charge on any atom is -0.484 e. The van der Waals surface area contributed by atoms with Crippen LogP contribution >= 0.6 is 23.1 Å². The van der Waals surface area contributed by atoms with E-state index >= 15 is 0 Å². The fourth-order valence-electron chi connectivity index (χ4n) is 8.42. The summed E-state index contributed by atoms with van der Waals surface area (Å²) in [5, 5.41) is 6.77. The molecule has 5 heteroatoms. The first-order valence-corrected chi connectivity index (χ1v) is 19.3. The lowest BCUT2D eigenvalue weighted by Crippen LogP contribution is -2.28. The second-order valence-corrected chi connectivity index (χ2v) is 16.0. The summed E-state index contributed by atoms with van der Waals surface area (Å²) in [5.41, 5.74) is 10.9. The minimum atomic E-state index is -0.213. The summed E-state index contributed by atoms with van der Waals surface area (Å²) >= 11 is 3.84. The van der Waals surface area contributed by atoms with E-state index in [0.29, 0.717) is 11.2 Å². The van der Waals surface area contributed by atoms with Crippen molar-refractivity contribution in [3.05, 3.63) is 197 Å². The van der Waals surface area contributed by atoms with Gasteiger partial charge in [-0.05, 0) is 63.7 Å². The van der Waals surface area contributed by atoms with Crippen molar-refractivity contribution in [3.8, 4) is 5.75 Å². The lowest BCUT2D eigenvalue weighted by atomic mass is 9.79. The molecule has 0 spiro atoms. The van der Waals surface area contributed by atoms with Gasteiger partial charge in [0.1, 0.15) is 18.0 Å². The molecule has 0 saturated heterocycles. The Kier molecular flexibility index (Phi) is 6.68. The van der Waals surface area contributed by atoms with E-state index in [-0.39, 0.29) is 18.2 Å². The first kappa shape index (κ1) is 29.4. The average molecular weight is 693 g/mol. The van der Waals surface area contributed by atoms with Crippen LogP contribution in [-0.2, 0) is 0 Å². The van der Waals surface area contributed by atoms with Crippen molar-refractivity contribution in [2.45, 2.75) is 34.3 Å². The van der Waals surface area contributed by atoms with Gasteiger partial charge in [-0.1, -0.05) is 127 Å². The summed E-state index contributed by atoms with van der Waals surface area (Å²) in [6.07, 6.45) is 15.8. The van der Waals surface area contributed by atoms with Gasteiger partial charge in [0, 0.05) is 53.4 Å². The van der Waals surface area contributed by atoms with E-state index in [4.69, 9.17) is 9.73 Å². The second kappa shape index (κ2) is 11.6. The Bertz CT molecular complexity index is 2600. The number of hydrogen-bond donors (Lipinski definition) is 1. The van der Waals surface area contributed by atoms with E-state index in [1.54, 1.807) is 0 Å². The quantitative estimate of drug-likeness (QED) is 0.200. The Morgan fingerprint density at radius 3 is 2.39 bits per heavy atom. The zero-order valence-electron chi connectivity index (χ0n) is 27.6. The molecule has 0 radical (unpaired) electrons. The van der Waals surface area contributed by atoms with Crippen LogP contribution in [0.1, 0.15) is 45.8 Å². The predicted octanol–water partition coefficient (Wildman–Crippen LogP) is 11.3. The lowest BCUT2D eigenvalue weighted by Gasteiger charge is -2.30. The monoisotopic (exact) mass is 692 g/mol. The van der Waals surface area contributed by atoms with Crippen LogP contribution in [0.2, 0.25) is 0 Å². The highest BCUT2D eigenvalue weighted by Crippen LogP contribution is 2.55. The number of allylic oxidation sites excluding steroid dienone is 6. The van der Waals surface area contributed by atoms with Gasteiger partial charge in [0.05, 0.1) is 5.71 Å². The average Bonchev–Trinajstić information content (AvgIpc) is 3.88. The molecule has 0 fully saturated rings. The molecule has 3 aliphatic heterocycles. The van der Waals surface area contributed by atoms with Crippen molar-refractivity contribution in [1.82, 2.24) is 5.32 Å². The number of hydrogen-bond acceptors (Lipinski definition) is 5. The third-order valence-electron chi connectivity index (χ3n) is 10.9. The highest BCUT2D eigenvalue weighted by Gasteiger charge is 2.43. The molecule has 0 bridgehead atoms. The maximum atomic E-state index is 6.61. The largest absolute Gasteiger partial charge is 0.484 e. The Labute approximate surface area is 305 Å². The maximum absolute atomic E-state index is 6.61. The number of rotatable bonds is 4. The van der Waals surface area contributed by atoms with Gasteiger partial charge in [0.2, 0.25) is 0 Å². The molecule has 11 rings (SSSR count). The molecular weight excluding hydrogens is 661 g/mol. The number of nitrogens with one attached hydrogen (secondary N) is 1. The molecule has 1 N–H and O–H groups in total. The fraction of sp³-hybridized carbons (Fsp3) is 0.109. The van der Waals surface area contributed by atoms with Crippen molar-refractivity contribution in [1.29, 1.82) is 0 Å². The summed E-state index contributed by atoms with van der Waals surface area (Å²) in [5.74, 6) is 1.58. The van der Waals surface area contributed by atoms with E-state index in [0.717, 1.165) is 22.7 Å². The molecule has 5 unspecified atom stereocenters. The van der Waals surface area contributed by atoms with Gasteiger partial charge < -0.3 is 10.1 Å². The summed E-state index contributed by atoms with van der Waals surface area (Å²) in [6, 6.07) is 41.6. The van der Waals surface area contributed by atoms with Gasteiger partial charge in [-0.15, -0.1) is 23.1 Å². The molecule has 5 aliphatic rings. The van der Waals surface area contributed by atoms with Gasteiger partial charge >= 0.3 is 0 Å². The third kappa shape index (κ3) is 4.76. The van der Waals surface area contributed by atoms with Crippen LogP contribution in [0.4, 0.5) is 0 Å². The van der Waals surface area contributed by atoms with Crippen LogP contribution in [0.3, 0.4) is 0 Å². The molecule has 1 aromatic heterocycles. The van der Waals surface area contributed by atoms with Crippen molar-refractivity contribution in [3.63, 3.8) is 0 Å². The molecule has 5 aromatic carbocycles. The van der Waals surface area contributed by atoms with Crippen molar-refractivity contribution < 1.29 is 4.74 Å². The smallest absolute Gasteiger partial charge is 0.145 e. The zero-order chi connectivity index (χ0) is 33.5. The van der Waals surface area contributed by atoms with E-state index in [1.807, 2.05) is 23.1 Å². The second-order valence-electron chi connectivity index (χ2n) is 13.8. The first-order valence-electron chi connectivity index (χ1n) is 17.6. The first-order chi connectivity index (χ1) is 25.2. The van der Waals surface area contributed by atoms with Gasteiger partial charge in [0.15, 0.2) is 0 Å². The Morgan fingerprint density at radius 1 is 0.647 bits per heavy atom. The fourth-order valence-corrected chi connectivity index (χ4v) is 11.1. The molecule has 0 amide bonds. The summed E-state index contributed by atoms with van der Waals surface area (Å²) in [7, 11) is 0. The Balaban J connectivity index is 0.925. The summed E-state index contributed by atoms with van der Waals surface area (Å²) in [6.45, 7) is 0. The predicted molar refractivity (Wildman–Crippen MR) is 213 cm³/mol. The number of fused-ring (bicyclic) bond motifs is 9. The van der Waals surface area contributed by atoms with Crippen molar-refractivity contribution in [2.75, 3.05) is 0 Å². The molecule has 244 valence electrons. The van der Waals surface area contributed by atoms with E-state index in [1.165, 1.54) is 58.5 Å². The van der Waals surface area contributed by atoms with Crippen LogP contribution in [0, 0.1) is 0 Å². The molecule has 6 aromatic rings. The van der Waals surface area contributed by atoms with E-state index in [9.17, 15) is 0 Å². The van der Waals surface area contributed by atoms with Crippen LogP contribution in [0.15, 0.2) is 179 Å². The number of ether oxygens (including phenoxy) is 1. The SMILES string of the molecule is C1=CC2c3ccccc3OC2C(C2=CC=CC3c4ccc(C5N=C(c6ccccc6)C=C(c6ccc7c(c6)sc6ccccc67)N5)cc4SC23)=C1. The van der Waals surface area contributed by atoms with Gasteiger partial charge in [0.25, 0.3) is 0 Å². The van der Waals surface area contributed by atoms with Gasteiger partial charge in [-0.2, -0.15) is 0 Å². The molecule has 3 nitrogen and oxygen atoms in total. The van der Waals surface area contributed by atoms with Crippen LogP contribution in [-0.4, -0.2) is 17.1 Å². The van der Waals surface area contributed by atoms with Crippen LogP contribution in [0.25, 0.3) is 25.9 Å². The molecular formula is C46H32N2OS2. The van der Waals surface area contributed by atoms with Gasteiger partial charge in [-0.3, -0.25) is 4.99 Å². The van der Waals surface area contributed by atoms with Crippen LogP contribution < -0.4 is 10.1 Å². The lowest BCUT2D eigenvalue weighted by molar-refractivity contribution is 0.257. The van der Waals surface area contributed by atoms with Crippen LogP contribution in [0.5, 0.6) is 5.75 Å². The number of para-hydroxylation sites is 1. The summed E-state index contributed by atoms with van der Waals surface area (Å²) in [4.78, 5) is 6.65. The number of benzene rings is 5. The van der Waals surface area contributed by atoms with E-state index < -0.39 is 0 Å². The summed E-state index contributed by atoms with van der Waals surface area (Å²) < 4.78 is 9.23.